The maximum Gasteiger partial charge on any atom is 0.167 e. The van der Waals surface area contributed by atoms with Gasteiger partial charge in [0.05, 0.1) is 0 Å². The van der Waals surface area contributed by atoms with Crippen molar-refractivity contribution in [3.05, 3.63) is 167 Å². The summed E-state index contributed by atoms with van der Waals surface area (Å²) in [6.07, 6.45) is 1.84. The molecule has 4 heteroatoms. The Balaban J connectivity index is 0.000000181. The van der Waals surface area contributed by atoms with Gasteiger partial charge in [0.15, 0.2) is 23.3 Å². The molecule has 0 saturated heterocycles. The van der Waals surface area contributed by atoms with Crippen LogP contribution in [0.5, 0.6) is 0 Å². The number of hydrogen-bond acceptors (Lipinski definition) is 0. The molecule has 0 N–H and O–H groups in total. The Hall–Kier alpha value is -4.96. The SMILES string of the molecule is CCc1ccc(-c2ccc(-c3ccc(C)cc3)c(F)c2F)cc1.CCc1ccc(-c2ccc(-c3ccc(C)cc3)c(F)c2F)cc1. The topological polar surface area (TPSA) is 0 Å². The monoisotopic (exact) mass is 616 g/mol. The van der Waals surface area contributed by atoms with Gasteiger partial charge in [-0.2, -0.15) is 0 Å². The molecule has 0 aliphatic carbocycles. The van der Waals surface area contributed by atoms with Crippen LogP contribution >= 0.6 is 0 Å². The highest BCUT2D eigenvalue weighted by atomic mass is 19.2. The molecule has 0 saturated carbocycles. The summed E-state index contributed by atoms with van der Waals surface area (Å²) in [5.41, 5.74) is 8.42. The zero-order valence-electron chi connectivity index (χ0n) is 26.5. The first-order valence-electron chi connectivity index (χ1n) is 15.5. The molecule has 6 aromatic carbocycles. The molecule has 0 aliphatic rings. The lowest BCUT2D eigenvalue weighted by Crippen LogP contribution is -1.94. The van der Waals surface area contributed by atoms with Crippen molar-refractivity contribution < 1.29 is 17.6 Å². The van der Waals surface area contributed by atoms with Crippen molar-refractivity contribution in [1.29, 1.82) is 0 Å². The lowest BCUT2D eigenvalue weighted by atomic mass is 9.97. The Kier molecular flexibility index (Phi) is 10.2. The normalized spacial score (nSPS) is 10.8. The summed E-state index contributed by atoms with van der Waals surface area (Å²) in [5.74, 6) is -3.20. The first kappa shape index (κ1) is 32.4. The Morgan fingerprint density at radius 3 is 0.761 bits per heavy atom. The van der Waals surface area contributed by atoms with Crippen LogP contribution in [0.1, 0.15) is 36.1 Å². The summed E-state index contributed by atoms with van der Waals surface area (Å²) < 4.78 is 58.0. The molecule has 6 aromatic rings. The third kappa shape index (κ3) is 7.13. The lowest BCUT2D eigenvalue weighted by Gasteiger charge is -2.10. The fourth-order valence-corrected chi connectivity index (χ4v) is 5.30. The van der Waals surface area contributed by atoms with Gasteiger partial charge in [0.1, 0.15) is 0 Å². The minimum Gasteiger partial charge on any atom is -0.203 e. The summed E-state index contributed by atoms with van der Waals surface area (Å²) in [6.45, 7) is 8.05. The molecule has 0 unspecified atom stereocenters. The minimum absolute atomic E-state index is 0.288. The van der Waals surface area contributed by atoms with E-state index in [9.17, 15) is 17.6 Å². The molecule has 0 heterocycles. The number of aryl methyl sites for hydroxylation is 4. The molecule has 0 aliphatic heterocycles. The van der Waals surface area contributed by atoms with Crippen LogP contribution in [0.3, 0.4) is 0 Å². The number of rotatable bonds is 6. The van der Waals surface area contributed by atoms with Crippen LogP contribution in [-0.2, 0) is 12.8 Å². The van der Waals surface area contributed by atoms with Crippen molar-refractivity contribution in [3.63, 3.8) is 0 Å². The largest absolute Gasteiger partial charge is 0.203 e. The highest BCUT2D eigenvalue weighted by Crippen LogP contribution is 2.33. The third-order valence-corrected chi connectivity index (χ3v) is 8.24. The van der Waals surface area contributed by atoms with Crippen LogP contribution in [0.2, 0.25) is 0 Å². The van der Waals surface area contributed by atoms with E-state index in [2.05, 4.69) is 13.8 Å². The minimum atomic E-state index is -0.800. The molecule has 232 valence electrons. The van der Waals surface area contributed by atoms with Gasteiger partial charge in [0.2, 0.25) is 0 Å². The van der Waals surface area contributed by atoms with E-state index in [-0.39, 0.29) is 11.1 Å². The van der Waals surface area contributed by atoms with Crippen LogP contribution in [0, 0.1) is 37.1 Å². The third-order valence-electron chi connectivity index (χ3n) is 8.24. The van der Waals surface area contributed by atoms with Crippen molar-refractivity contribution in [3.8, 4) is 44.5 Å². The van der Waals surface area contributed by atoms with E-state index >= 15 is 0 Å². The van der Waals surface area contributed by atoms with Crippen molar-refractivity contribution in [2.75, 3.05) is 0 Å². The van der Waals surface area contributed by atoms with Crippen LogP contribution in [0.25, 0.3) is 44.5 Å². The highest BCUT2D eigenvalue weighted by molar-refractivity contribution is 5.73. The molecule has 46 heavy (non-hydrogen) atoms. The summed E-state index contributed by atoms with van der Waals surface area (Å²) in [5, 5.41) is 0. The molecule has 0 atom stereocenters. The molecule has 6 rings (SSSR count). The Bertz CT molecular complexity index is 1780. The van der Waals surface area contributed by atoms with Crippen LogP contribution in [-0.4, -0.2) is 0 Å². The predicted molar refractivity (Wildman–Crippen MR) is 183 cm³/mol. The highest BCUT2D eigenvalue weighted by Gasteiger charge is 2.17. The van der Waals surface area contributed by atoms with Gasteiger partial charge in [-0.1, -0.05) is 146 Å². The first-order valence-corrected chi connectivity index (χ1v) is 15.5. The Morgan fingerprint density at radius 2 is 0.543 bits per heavy atom. The van der Waals surface area contributed by atoms with E-state index in [0.29, 0.717) is 33.4 Å². The molecule has 0 bridgehead atoms. The van der Waals surface area contributed by atoms with E-state index in [0.717, 1.165) is 24.0 Å². The smallest absolute Gasteiger partial charge is 0.167 e. The van der Waals surface area contributed by atoms with Gasteiger partial charge in [0, 0.05) is 22.3 Å². The number of benzene rings is 6. The number of hydrogen-bond donors (Lipinski definition) is 0. The van der Waals surface area contributed by atoms with Gasteiger partial charge in [-0.05, 0) is 60.1 Å². The summed E-state index contributed by atoms with van der Waals surface area (Å²) in [6, 6.07) is 36.5. The predicted octanol–water partition coefficient (Wildman–Crippen LogP) is 12.3. The summed E-state index contributed by atoms with van der Waals surface area (Å²) in [7, 11) is 0. The van der Waals surface area contributed by atoms with Crippen LogP contribution < -0.4 is 0 Å². The fraction of sp³-hybridized carbons (Fsp3) is 0.143. The Morgan fingerprint density at radius 1 is 0.326 bits per heavy atom. The zero-order chi connectivity index (χ0) is 32.8. The maximum absolute atomic E-state index is 14.5. The second-order valence-corrected chi connectivity index (χ2v) is 11.4. The fourth-order valence-electron chi connectivity index (χ4n) is 5.30. The molecule has 0 fully saturated rings. The molecule has 0 nitrogen and oxygen atoms in total. The van der Waals surface area contributed by atoms with Gasteiger partial charge < -0.3 is 0 Å². The second-order valence-electron chi connectivity index (χ2n) is 11.4. The van der Waals surface area contributed by atoms with Gasteiger partial charge in [-0.25, -0.2) is 17.6 Å². The lowest BCUT2D eigenvalue weighted by molar-refractivity contribution is 0.514. The van der Waals surface area contributed by atoms with Crippen molar-refractivity contribution in [2.45, 2.75) is 40.5 Å². The van der Waals surface area contributed by atoms with Gasteiger partial charge >= 0.3 is 0 Å². The van der Waals surface area contributed by atoms with Gasteiger partial charge in [-0.15, -0.1) is 0 Å². The molecular formula is C42H36F4. The van der Waals surface area contributed by atoms with Crippen molar-refractivity contribution in [2.24, 2.45) is 0 Å². The maximum atomic E-state index is 14.5. The van der Waals surface area contributed by atoms with Crippen molar-refractivity contribution in [1.82, 2.24) is 0 Å². The standard InChI is InChI=1S/2C21H18F2/c2*1-3-15-6-10-17(11-7-15)19-13-12-18(20(22)21(19)23)16-8-4-14(2)5-9-16/h2*4-13H,3H2,1-2H3. The average Bonchev–Trinajstić information content (AvgIpc) is 3.09. The molecular weight excluding hydrogens is 580 g/mol. The van der Waals surface area contributed by atoms with Crippen LogP contribution in [0.4, 0.5) is 17.6 Å². The molecule has 0 amide bonds. The van der Waals surface area contributed by atoms with E-state index in [1.165, 1.54) is 11.1 Å². The van der Waals surface area contributed by atoms with Gasteiger partial charge in [-0.3, -0.25) is 0 Å². The average molecular weight is 617 g/mol. The van der Waals surface area contributed by atoms with E-state index in [4.69, 9.17) is 0 Å². The van der Waals surface area contributed by atoms with Gasteiger partial charge in [0.25, 0.3) is 0 Å². The Labute approximate surface area is 269 Å². The van der Waals surface area contributed by atoms with Crippen molar-refractivity contribution >= 4 is 0 Å². The molecule has 0 radical (unpaired) electrons. The summed E-state index contributed by atoms with van der Waals surface area (Å²) in [4.78, 5) is 0. The molecule has 0 spiro atoms. The first-order chi connectivity index (χ1) is 22.2. The van der Waals surface area contributed by atoms with E-state index in [1.807, 2.05) is 111 Å². The second kappa shape index (κ2) is 14.4. The summed E-state index contributed by atoms with van der Waals surface area (Å²) >= 11 is 0. The molecule has 0 aromatic heterocycles. The number of halogens is 4. The van der Waals surface area contributed by atoms with Crippen LogP contribution in [0.15, 0.2) is 121 Å². The van der Waals surface area contributed by atoms with E-state index < -0.39 is 23.3 Å². The van der Waals surface area contributed by atoms with E-state index in [1.54, 1.807) is 24.3 Å². The quantitative estimate of drug-likeness (QED) is 0.163. The zero-order valence-corrected chi connectivity index (χ0v) is 26.5.